The molecule has 2 nitrogen and oxygen atoms in total. The van der Waals surface area contributed by atoms with Crippen molar-refractivity contribution in [2.24, 2.45) is 0 Å². The molecule has 0 saturated heterocycles. The van der Waals surface area contributed by atoms with Crippen molar-refractivity contribution in [1.29, 1.82) is 0 Å². The van der Waals surface area contributed by atoms with Gasteiger partial charge in [0.2, 0.25) is 0 Å². The molecule has 0 aliphatic rings. The van der Waals surface area contributed by atoms with E-state index in [1.165, 1.54) is 0 Å². The van der Waals surface area contributed by atoms with Crippen LogP contribution in [0.15, 0.2) is 54.6 Å². The van der Waals surface area contributed by atoms with Crippen LogP contribution in [0.1, 0.15) is 11.1 Å². The summed E-state index contributed by atoms with van der Waals surface area (Å²) in [6.07, 6.45) is 1.92. The van der Waals surface area contributed by atoms with Crippen molar-refractivity contribution < 1.29 is 9.84 Å². The highest BCUT2D eigenvalue weighted by molar-refractivity contribution is 6.51. The third kappa shape index (κ3) is 4.12. The number of hydrogen-bond acceptors (Lipinski definition) is 2. The Hall–Kier alpha value is -1.77. The maximum atomic E-state index is 8.68. The van der Waals surface area contributed by atoms with Gasteiger partial charge in [0.05, 0.1) is 6.61 Å². The van der Waals surface area contributed by atoms with Crippen molar-refractivity contribution in [3.05, 3.63) is 65.7 Å². The first-order valence-electron chi connectivity index (χ1n) is 6.06. The molecule has 0 heterocycles. The van der Waals surface area contributed by atoms with Gasteiger partial charge in [-0.3, -0.25) is 0 Å². The van der Waals surface area contributed by atoms with Crippen molar-refractivity contribution in [3.63, 3.8) is 0 Å². The summed E-state index contributed by atoms with van der Waals surface area (Å²) in [5.74, 6) is 0.724. The zero-order chi connectivity index (χ0) is 13.5. The van der Waals surface area contributed by atoms with E-state index in [1.54, 1.807) is 0 Å². The van der Waals surface area contributed by atoms with E-state index in [4.69, 9.17) is 21.4 Å². The first-order valence-corrected chi connectivity index (χ1v) is 6.44. The van der Waals surface area contributed by atoms with Gasteiger partial charge in [-0.2, -0.15) is 0 Å². The van der Waals surface area contributed by atoms with Crippen molar-refractivity contribution in [2.45, 2.75) is 0 Å². The summed E-state index contributed by atoms with van der Waals surface area (Å²) in [5.41, 5.74) is 2.00. The van der Waals surface area contributed by atoms with E-state index in [-0.39, 0.29) is 6.61 Å². The van der Waals surface area contributed by atoms with Crippen LogP contribution in [0.4, 0.5) is 0 Å². The van der Waals surface area contributed by atoms with Crippen LogP contribution < -0.4 is 4.74 Å². The fraction of sp³-hybridized carbons (Fsp3) is 0.125. The average Bonchev–Trinajstić information content (AvgIpc) is 2.46. The largest absolute Gasteiger partial charge is 0.491 e. The van der Waals surface area contributed by atoms with Gasteiger partial charge in [0, 0.05) is 5.03 Å². The summed E-state index contributed by atoms with van der Waals surface area (Å²) in [4.78, 5) is 0. The smallest absolute Gasteiger partial charge is 0.119 e. The Kier molecular flexibility index (Phi) is 5.01. The van der Waals surface area contributed by atoms with Crippen LogP contribution in [0.25, 0.3) is 11.1 Å². The van der Waals surface area contributed by atoms with Crippen molar-refractivity contribution in [2.75, 3.05) is 13.2 Å². The van der Waals surface area contributed by atoms with E-state index < -0.39 is 0 Å². The van der Waals surface area contributed by atoms with E-state index in [2.05, 4.69) is 0 Å². The second kappa shape index (κ2) is 6.98. The molecule has 0 aromatic heterocycles. The number of ether oxygens (including phenoxy) is 1. The maximum Gasteiger partial charge on any atom is 0.119 e. The van der Waals surface area contributed by atoms with Gasteiger partial charge in [0.15, 0.2) is 0 Å². The molecule has 0 fully saturated rings. The van der Waals surface area contributed by atoms with Gasteiger partial charge < -0.3 is 9.84 Å². The van der Waals surface area contributed by atoms with Gasteiger partial charge in [-0.1, -0.05) is 41.9 Å². The van der Waals surface area contributed by atoms with Gasteiger partial charge in [0.25, 0.3) is 0 Å². The number of benzene rings is 2. The fourth-order valence-corrected chi connectivity index (χ4v) is 1.90. The van der Waals surface area contributed by atoms with Crippen LogP contribution in [0, 0.1) is 0 Å². The highest BCUT2D eigenvalue weighted by Crippen LogP contribution is 2.24. The van der Waals surface area contributed by atoms with Crippen LogP contribution in [-0.4, -0.2) is 18.3 Å². The average molecular weight is 275 g/mol. The molecule has 98 valence electrons. The molecule has 0 saturated carbocycles. The Morgan fingerprint density at radius 3 is 2.37 bits per heavy atom. The topological polar surface area (TPSA) is 29.5 Å². The summed E-state index contributed by atoms with van der Waals surface area (Å²) in [5, 5.41) is 9.36. The molecule has 2 aromatic rings. The van der Waals surface area contributed by atoms with Gasteiger partial charge in [-0.05, 0) is 41.5 Å². The van der Waals surface area contributed by atoms with E-state index in [1.807, 2.05) is 60.7 Å². The highest BCUT2D eigenvalue weighted by atomic mass is 35.5. The second-order valence-electron chi connectivity index (χ2n) is 4.00. The normalized spacial score (nSPS) is 11.4. The third-order valence-electron chi connectivity index (χ3n) is 2.58. The third-order valence-corrected chi connectivity index (χ3v) is 2.91. The van der Waals surface area contributed by atoms with Crippen LogP contribution >= 0.6 is 11.6 Å². The predicted molar refractivity (Wildman–Crippen MR) is 79.2 cm³/mol. The van der Waals surface area contributed by atoms with Gasteiger partial charge >= 0.3 is 0 Å². The Labute approximate surface area is 117 Å². The van der Waals surface area contributed by atoms with Gasteiger partial charge in [0.1, 0.15) is 12.4 Å². The first-order chi connectivity index (χ1) is 9.29. The highest BCUT2D eigenvalue weighted by Gasteiger charge is 1.99. The summed E-state index contributed by atoms with van der Waals surface area (Å²) in [7, 11) is 0. The zero-order valence-electron chi connectivity index (χ0n) is 10.4. The molecule has 2 rings (SSSR count). The molecule has 1 N–H and O–H groups in total. The number of rotatable bonds is 5. The Bertz CT molecular complexity index is 532. The Morgan fingerprint density at radius 1 is 1.05 bits per heavy atom. The number of hydrogen-bond donors (Lipinski definition) is 1. The molecule has 0 unspecified atom stereocenters. The Morgan fingerprint density at radius 2 is 1.74 bits per heavy atom. The van der Waals surface area contributed by atoms with Crippen LogP contribution in [0.5, 0.6) is 5.75 Å². The Balaban J connectivity index is 2.11. The van der Waals surface area contributed by atoms with Crippen molar-refractivity contribution >= 4 is 22.7 Å². The first kappa shape index (κ1) is 13.7. The lowest BCUT2D eigenvalue weighted by molar-refractivity contribution is 0.201. The van der Waals surface area contributed by atoms with E-state index >= 15 is 0 Å². The minimum Gasteiger partial charge on any atom is -0.491 e. The van der Waals surface area contributed by atoms with Gasteiger partial charge in [-0.15, -0.1) is 0 Å². The number of halogens is 1. The second-order valence-corrected chi connectivity index (χ2v) is 4.41. The summed E-state index contributed by atoms with van der Waals surface area (Å²) < 4.78 is 5.30. The minimum atomic E-state index is 0.0103. The number of aliphatic hydroxyl groups is 1. The van der Waals surface area contributed by atoms with E-state index in [0.29, 0.717) is 11.6 Å². The minimum absolute atomic E-state index is 0.0103. The SMILES string of the molecule is OCCOc1ccc(C(Cl)=Cc2ccccc2)cc1. The molecule has 3 heteroatoms. The monoisotopic (exact) mass is 274 g/mol. The molecule has 0 atom stereocenters. The molecule has 0 bridgehead atoms. The standard InChI is InChI=1S/C16H15ClO2/c17-16(12-13-4-2-1-3-5-13)14-6-8-15(9-7-14)19-11-10-18/h1-9,12,18H,10-11H2. The molecule has 0 spiro atoms. The summed E-state index contributed by atoms with van der Waals surface area (Å²) in [6, 6.07) is 17.4. The zero-order valence-corrected chi connectivity index (χ0v) is 11.2. The molecular formula is C16H15ClO2. The van der Waals surface area contributed by atoms with Crippen LogP contribution in [0.3, 0.4) is 0 Å². The lowest BCUT2D eigenvalue weighted by atomic mass is 10.1. The van der Waals surface area contributed by atoms with Crippen molar-refractivity contribution in [3.8, 4) is 5.75 Å². The summed E-state index contributed by atoms with van der Waals surface area (Å²) in [6.45, 7) is 0.309. The summed E-state index contributed by atoms with van der Waals surface area (Å²) >= 11 is 6.28. The van der Waals surface area contributed by atoms with Crippen LogP contribution in [-0.2, 0) is 0 Å². The molecule has 2 aromatic carbocycles. The lowest BCUT2D eigenvalue weighted by Gasteiger charge is -2.05. The molecule has 0 radical (unpaired) electrons. The fourth-order valence-electron chi connectivity index (χ4n) is 1.65. The van der Waals surface area contributed by atoms with Gasteiger partial charge in [-0.25, -0.2) is 0 Å². The molecule has 0 amide bonds. The van der Waals surface area contributed by atoms with E-state index in [9.17, 15) is 0 Å². The molecule has 0 aliphatic carbocycles. The molecular weight excluding hydrogens is 260 g/mol. The van der Waals surface area contributed by atoms with Crippen molar-refractivity contribution in [1.82, 2.24) is 0 Å². The number of aliphatic hydroxyl groups excluding tert-OH is 1. The maximum absolute atomic E-state index is 8.68. The predicted octanol–water partition coefficient (Wildman–Crippen LogP) is 3.79. The molecule has 19 heavy (non-hydrogen) atoms. The quantitative estimate of drug-likeness (QED) is 0.841. The van der Waals surface area contributed by atoms with Crippen LogP contribution in [0.2, 0.25) is 0 Å². The van der Waals surface area contributed by atoms with E-state index in [0.717, 1.165) is 16.9 Å². The lowest BCUT2D eigenvalue weighted by Crippen LogP contribution is -2.01. The molecule has 0 aliphatic heterocycles.